The Balaban J connectivity index is 1.93. The van der Waals surface area contributed by atoms with E-state index in [-0.39, 0.29) is 5.91 Å². The van der Waals surface area contributed by atoms with Crippen molar-refractivity contribution in [2.45, 2.75) is 19.3 Å². The summed E-state index contributed by atoms with van der Waals surface area (Å²) < 4.78 is 38.2. The van der Waals surface area contributed by atoms with E-state index in [9.17, 15) is 18.0 Å². The smallest absolute Gasteiger partial charge is 0.352 e. The number of hydrogen-bond donors (Lipinski definition) is 2. The van der Waals surface area contributed by atoms with Crippen molar-refractivity contribution in [3.63, 3.8) is 0 Å². The molecular formula is C23H30F3N5O. The number of benzene rings is 2. The molecule has 2 aromatic carbocycles. The van der Waals surface area contributed by atoms with Crippen LogP contribution in [-0.2, 0) is 19.3 Å². The van der Waals surface area contributed by atoms with Crippen LogP contribution in [0.15, 0.2) is 53.5 Å². The third-order valence-electron chi connectivity index (χ3n) is 4.76. The summed E-state index contributed by atoms with van der Waals surface area (Å²) in [6.45, 7) is 2.17. The minimum Gasteiger partial charge on any atom is -0.352 e. The van der Waals surface area contributed by atoms with E-state index in [1.807, 2.05) is 49.1 Å². The van der Waals surface area contributed by atoms with Gasteiger partial charge in [0.2, 0.25) is 0 Å². The minimum atomic E-state index is -4.35. The zero-order chi connectivity index (χ0) is 23.7. The van der Waals surface area contributed by atoms with Crippen LogP contribution in [0.2, 0.25) is 0 Å². The molecule has 1 amide bonds. The molecule has 0 fully saturated rings. The van der Waals surface area contributed by atoms with E-state index < -0.39 is 11.7 Å². The molecule has 0 saturated heterocycles. The second-order valence-electron chi connectivity index (χ2n) is 7.71. The number of halogens is 3. The van der Waals surface area contributed by atoms with Gasteiger partial charge in [0, 0.05) is 45.8 Å². The Kier molecular flexibility index (Phi) is 9.07. The summed E-state index contributed by atoms with van der Waals surface area (Å²) in [5.41, 5.74) is 1.56. The summed E-state index contributed by atoms with van der Waals surface area (Å²) in [5, 5.41) is 6.11. The monoisotopic (exact) mass is 449 g/mol. The van der Waals surface area contributed by atoms with Gasteiger partial charge in [-0.1, -0.05) is 24.3 Å². The van der Waals surface area contributed by atoms with Crippen LogP contribution in [-0.4, -0.2) is 62.9 Å². The highest BCUT2D eigenvalue weighted by Crippen LogP contribution is 2.29. The molecule has 2 aromatic rings. The summed E-state index contributed by atoms with van der Waals surface area (Å²) in [6, 6.07) is 12.4. The van der Waals surface area contributed by atoms with Gasteiger partial charge in [-0.15, -0.1) is 0 Å². The molecule has 0 unspecified atom stereocenters. The van der Waals surface area contributed by atoms with Crippen molar-refractivity contribution in [1.29, 1.82) is 0 Å². The van der Waals surface area contributed by atoms with Gasteiger partial charge in [0.1, 0.15) is 0 Å². The van der Waals surface area contributed by atoms with E-state index in [0.717, 1.165) is 29.8 Å². The third kappa shape index (κ3) is 7.88. The average molecular weight is 450 g/mol. The Labute approximate surface area is 187 Å². The van der Waals surface area contributed by atoms with Gasteiger partial charge in [-0.25, -0.2) is 0 Å². The Bertz CT molecular complexity index is 911. The van der Waals surface area contributed by atoms with Crippen molar-refractivity contribution in [2.75, 3.05) is 41.3 Å². The fraction of sp³-hybridized carbons (Fsp3) is 0.391. The van der Waals surface area contributed by atoms with E-state index >= 15 is 0 Å². The number of amides is 1. The van der Waals surface area contributed by atoms with E-state index in [4.69, 9.17) is 0 Å². The second-order valence-corrected chi connectivity index (χ2v) is 7.71. The number of guanidine groups is 1. The second kappa shape index (κ2) is 11.5. The highest BCUT2D eigenvalue weighted by Gasteiger charge is 2.29. The third-order valence-corrected chi connectivity index (χ3v) is 4.76. The Morgan fingerprint density at radius 1 is 1.00 bits per heavy atom. The molecule has 0 aliphatic rings. The van der Waals surface area contributed by atoms with Crippen molar-refractivity contribution in [3.05, 3.63) is 70.8 Å². The first-order valence-electron chi connectivity index (χ1n) is 10.2. The molecular weight excluding hydrogens is 419 g/mol. The summed E-state index contributed by atoms with van der Waals surface area (Å²) in [6.07, 6.45) is -4.35. The summed E-state index contributed by atoms with van der Waals surface area (Å²) in [5.74, 6) is 0.461. The Hall–Kier alpha value is -3.07. The van der Waals surface area contributed by atoms with E-state index in [1.165, 1.54) is 12.1 Å². The molecule has 2 rings (SSSR count). The molecule has 0 aromatic heterocycles. The lowest BCUT2D eigenvalue weighted by molar-refractivity contribution is -0.137. The topological polar surface area (TPSA) is 60.0 Å². The van der Waals surface area contributed by atoms with Crippen LogP contribution in [0.1, 0.15) is 27.0 Å². The summed E-state index contributed by atoms with van der Waals surface area (Å²) in [4.78, 5) is 20.4. The highest BCUT2D eigenvalue weighted by atomic mass is 19.4. The lowest BCUT2D eigenvalue weighted by Gasteiger charge is -2.22. The maximum absolute atomic E-state index is 12.7. The molecule has 32 heavy (non-hydrogen) atoms. The molecule has 0 aliphatic heterocycles. The lowest BCUT2D eigenvalue weighted by Crippen LogP contribution is -2.38. The average Bonchev–Trinajstić information content (AvgIpc) is 2.74. The van der Waals surface area contributed by atoms with Crippen molar-refractivity contribution >= 4 is 11.9 Å². The maximum Gasteiger partial charge on any atom is 0.416 e. The van der Waals surface area contributed by atoms with Gasteiger partial charge < -0.3 is 20.4 Å². The van der Waals surface area contributed by atoms with Crippen molar-refractivity contribution < 1.29 is 18.0 Å². The zero-order valence-corrected chi connectivity index (χ0v) is 18.8. The van der Waals surface area contributed by atoms with Crippen LogP contribution in [0.5, 0.6) is 0 Å². The molecule has 9 heteroatoms. The quantitative estimate of drug-likeness (QED) is 0.480. The summed E-state index contributed by atoms with van der Waals surface area (Å²) in [7, 11) is 7.33. The van der Waals surface area contributed by atoms with Gasteiger partial charge >= 0.3 is 6.18 Å². The first-order valence-corrected chi connectivity index (χ1v) is 10.2. The van der Waals surface area contributed by atoms with Crippen molar-refractivity contribution in [1.82, 2.24) is 20.4 Å². The SMILES string of the molecule is CN=C(NCc1cccc(C(=O)NCCN(C)C)c1)N(C)Cc1ccc(C(F)(F)F)cc1. The normalized spacial score (nSPS) is 12.1. The number of rotatable bonds is 8. The van der Waals surface area contributed by atoms with Crippen LogP contribution in [0.4, 0.5) is 13.2 Å². The molecule has 0 heterocycles. The minimum absolute atomic E-state index is 0.127. The van der Waals surface area contributed by atoms with E-state index in [1.54, 1.807) is 13.1 Å². The molecule has 0 radical (unpaired) electrons. The van der Waals surface area contributed by atoms with Crippen LogP contribution in [0, 0.1) is 0 Å². The number of carbonyl (C=O) groups is 1. The van der Waals surface area contributed by atoms with Crippen LogP contribution in [0.25, 0.3) is 0 Å². The Morgan fingerprint density at radius 2 is 1.69 bits per heavy atom. The molecule has 0 aliphatic carbocycles. The first kappa shape index (κ1) is 25.2. The molecule has 0 saturated carbocycles. The Morgan fingerprint density at radius 3 is 2.28 bits per heavy atom. The predicted octanol–water partition coefficient (Wildman–Crippen LogP) is 3.20. The van der Waals surface area contributed by atoms with Gasteiger partial charge in [-0.2, -0.15) is 13.2 Å². The largest absolute Gasteiger partial charge is 0.416 e. The van der Waals surface area contributed by atoms with E-state index in [2.05, 4.69) is 15.6 Å². The van der Waals surface area contributed by atoms with Gasteiger partial charge in [0.25, 0.3) is 5.91 Å². The lowest BCUT2D eigenvalue weighted by atomic mass is 10.1. The predicted molar refractivity (Wildman–Crippen MR) is 120 cm³/mol. The molecule has 0 spiro atoms. The van der Waals surface area contributed by atoms with Crippen LogP contribution >= 0.6 is 0 Å². The van der Waals surface area contributed by atoms with Crippen molar-refractivity contribution in [2.24, 2.45) is 4.99 Å². The fourth-order valence-electron chi connectivity index (χ4n) is 3.03. The molecule has 0 bridgehead atoms. The van der Waals surface area contributed by atoms with Gasteiger partial charge in [0.15, 0.2) is 5.96 Å². The first-order chi connectivity index (χ1) is 15.1. The zero-order valence-electron chi connectivity index (χ0n) is 18.8. The molecule has 2 N–H and O–H groups in total. The number of likely N-dealkylation sites (N-methyl/N-ethyl adjacent to an activating group) is 1. The van der Waals surface area contributed by atoms with Crippen molar-refractivity contribution in [3.8, 4) is 0 Å². The number of aliphatic imine (C=N–C) groups is 1. The fourth-order valence-corrected chi connectivity index (χ4v) is 3.03. The number of alkyl halides is 3. The number of carbonyl (C=O) groups excluding carboxylic acids is 1. The summed E-state index contributed by atoms with van der Waals surface area (Å²) >= 11 is 0. The highest BCUT2D eigenvalue weighted by molar-refractivity contribution is 5.94. The van der Waals surface area contributed by atoms with Crippen LogP contribution in [0.3, 0.4) is 0 Å². The standard InChI is InChI=1S/C23H30F3N5O/c1-27-22(31(4)16-17-8-10-20(11-9-17)23(24,25)26)29-15-18-6-5-7-19(14-18)21(32)28-12-13-30(2)3/h5-11,14H,12-13,15-16H2,1-4H3,(H,27,29)(H,28,32). The number of nitrogens with zero attached hydrogens (tertiary/aromatic N) is 3. The maximum atomic E-state index is 12.7. The molecule has 0 atom stereocenters. The molecule has 6 nitrogen and oxygen atoms in total. The van der Waals surface area contributed by atoms with Gasteiger partial charge in [-0.05, 0) is 49.5 Å². The van der Waals surface area contributed by atoms with Crippen LogP contribution < -0.4 is 10.6 Å². The number of hydrogen-bond acceptors (Lipinski definition) is 3. The van der Waals surface area contributed by atoms with Gasteiger partial charge in [0.05, 0.1) is 5.56 Å². The number of nitrogens with one attached hydrogen (secondary N) is 2. The van der Waals surface area contributed by atoms with E-state index in [0.29, 0.717) is 31.2 Å². The molecule has 174 valence electrons. The van der Waals surface area contributed by atoms with Gasteiger partial charge in [-0.3, -0.25) is 9.79 Å².